The number of hydrogen-bond donors (Lipinski definition) is 1. The lowest BCUT2D eigenvalue weighted by Crippen LogP contribution is -2.54. The fraction of sp³-hybridized carbons (Fsp3) is 0.0833. The third kappa shape index (κ3) is 4.83. The highest BCUT2D eigenvalue weighted by Gasteiger charge is 2.36. The average Bonchev–Trinajstić information content (AvgIpc) is 2.84. The number of carbonyl (C=O) groups excluding carboxylic acids is 3. The lowest BCUT2D eigenvalue weighted by Gasteiger charge is -2.26. The van der Waals surface area contributed by atoms with E-state index in [0.717, 1.165) is 16.7 Å². The molecular formula is C24H18N4O7. The van der Waals surface area contributed by atoms with Crippen LogP contribution in [0.2, 0.25) is 0 Å². The maximum absolute atomic E-state index is 13.0. The van der Waals surface area contributed by atoms with E-state index in [2.05, 4.69) is 10.3 Å². The van der Waals surface area contributed by atoms with Crippen molar-refractivity contribution in [2.75, 3.05) is 12.0 Å². The summed E-state index contributed by atoms with van der Waals surface area (Å²) in [5.41, 5.74) is 1.29. The number of anilines is 1. The first-order valence-electron chi connectivity index (χ1n) is 10.2. The highest BCUT2D eigenvalue weighted by molar-refractivity contribution is 6.39. The number of urea groups is 1. The van der Waals surface area contributed by atoms with Gasteiger partial charge in [-0.3, -0.25) is 25.0 Å². The van der Waals surface area contributed by atoms with Gasteiger partial charge in [0.15, 0.2) is 11.5 Å². The van der Waals surface area contributed by atoms with E-state index in [1.807, 2.05) is 6.92 Å². The number of amides is 4. The van der Waals surface area contributed by atoms with Gasteiger partial charge in [-0.05, 0) is 42.8 Å². The molecule has 0 radical (unpaired) electrons. The zero-order chi connectivity index (χ0) is 25.1. The number of hydrogen-bond acceptors (Lipinski definition) is 8. The first-order valence-corrected chi connectivity index (χ1v) is 10.2. The molecule has 2 aromatic carbocycles. The number of nitrogens with zero attached hydrogens (tertiary/aromatic N) is 3. The number of methoxy groups -OCH3 is 1. The van der Waals surface area contributed by atoms with E-state index in [1.165, 1.54) is 37.5 Å². The highest BCUT2D eigenvalue weighted by Crippen LogP contribution is 2.33. The molecule has 0 atom stereocenters. The second-order valence-corrected chi connectivity index (χ2v) is 7.42. The maximum Gasteiger partial charge on any atom is 0.335 e. The number of nitrogens with one attached hydrogen (secondary N) is 1. The summed E-state index contributed by atoms with van der Waals surface area (Å²) in [6.07, 6.45) is 2.40. The van der Waals surface area contributed by atoms with Gasteiger partial charge < -0.3 is 9.47 Å². The van der Waals surface area contributed by atoms with E-state index in [0.29, 0.717) is 11.3 Å². The third-order valence-corrected chi connectivity index (χ3v) is 5.04. The Morgan fingerprint density at radius 3 is 2.40 bits per heavy atom. The van der Waals surface area contributed by atoms with E-state index in [9.17, 15) is 24.5 Å². The van der Waals surface area contributed by atoms with E-state index >= 15 is 0 Å². The Kier molecular flexibility index (Phi) is 6.23. The molecule has 0 aliphatic carbocycles. The molecule has 1 saturated heterocycles. The minimum Gasteiger partial charge on any atom is -0.493 e. The number of benzene rings is 2. The summed E-state index contributed by atoms with van der Waals surface area (Å²) >= 11 is 0. The highest BCUT2D eigenvalue weighted by atomic mass is 16.6. The fourth-order valence-electron chi connectivity index (χ4n) is 3.26. The average molecular weight is 474 g/mol. The van der Waals surface area contributed by atoms with Crippen LogP contribution < -0.4 is 19.7 Å². The van der Waals surface area contributed by atoms with E-state index in [1.54, 1.807) is 30.3 Å². The Morgan fingerprint density at radius 1 is 1.03 bits per heavy atom. The molecule has 11 nitrogen and oxygen atoms in total. The summed E-state index contributed by atoms with van der Waals surface area (Å²) in [5.74, 6) is -0.967. The van der Waals surface area contributed by atoms with Crippen molar-refractivity contribution in [3.63, 3.8) is 0 Å². The van der Waals surface area contributed by atoms with Crippen molar-refractivity contribution in [3.05, 3.63) is 87.6 Å². The summed E-state index contributed by atoms with van der Waals surface area (Å²) in [4.78, 5) is 52.8. The minimum absolute atomic E-state index is 0.106. The molecule has 176 valence electrons. The van der Waals surface area contributed by atoms with E-state index in [4.69, 9.17) is 9.47 Å². The molecular weight excluding hydrogens is 456 g/mol. The molecule has 0 bridgehead atoms. The second kappa shape index (κ2) is 9.43. The van der Waals surface area contributed by atoms with Gasteiger partial charge in [-0.15, -0.1) is 0 Å². The number of aromatic nitrogens is 1. The zero-order valence-corrected chi connectivity index (χ0v) is 18.6. The number of ether oxygens (including phenoxy) is 2. The van der Waals surface area contributed by atoms with Gasteiger partial charge in [-0.1, -0.05) is 23.8 Å². The summed E-state index contributed by atoms with van der Waals surface area (Å²) in [5, 5.41) is 13.0. The number of aryl methyl sites for hydroxylation is 1. The lowest BCUT2D eigenvalue weighted by atomic mass is 10.1. The Balaban J connectivity index is 1.62. The fourth-order valence-corrected chi connectivity index (χ4v) is 3.26. The molecule has 0 saturated carbocycles. The quantitative estimate of drug-likeness (QED) is 0.246. The third-order valence-electron chi connectivity index (χ3n) is 5.04. The van der Waals surface area contributed by atoms with Gasteiger partial charge in [-0.25, -0.2) is 14.7 Å². The van der Waals surface area contributed by atoms with Crippen molar-refractivity contribution in [2.24, 2.45) is 0 Å². The molecule has 1 aliphatic rings. The molecule has 1 fully saturated rings. The van der Waals surface area contributed by atoms with Gasteiger partial charge in [-0.2, -0.15) is 0 Å². The molecule has 11 heteroatoms. The van der Waals surface area contributed by atoms with Crippen molar-refractivity contribution < 1.29 is 28.8 Å². The largest absolute Gasteiger partial charge is 0.493 e. The molecule has 4 rings (SSSR count). The van der Waals surface area contributed by atoms with Crippen molar-refractivity contribution in [1.29, 1.82) is 0 Å². The maximum atomic E-state index is 13.0. The van der Waals surface area contributed by atoms with Crippen LogP contribution >= 0.6 is 0 Å². The SMILES string of the molecule is COc1cc(/C=C2\C(=O)NC(=O)N(c3ccc(C)cc3)C2=O)ccc1Oc1ccc([N+](=O)[O-])cn1. The van der Waals surface area contributed by atoms with Crippen LogP contribution in [0.25, 0.3) is 6.08 Å². The molecule has 1 N–H and O–H groups in total. The van der Waals surface area contributed by atoms with Gasteiger partial charge in [0.2, 0.25) is 5.88 Å². The van der Waals surface area contributed by atoms with Crippen LogP contribution in [0, 0.1) is 17.0 Å². The van der Waals surface area contributed by atoms with Crippen LogP contribution in [-0.2, 0) is 9.59 Å². The van der Waals surface area contributed by atoms with Crippen molar-refractivity contribution >= 4 is 35.3 Å². The lowest BCUT2D eigenvalue weighted by molar-refractivity contribution is -0.385. The Morgan fingerprint density at radius 2 is 1.77 bits per heavy atom. The zero-order valence-electron chi connectivity index (χ0n) is 18.6. The number of nitro groups is 1. The molecule has 35 heavy (non-hydrogen) atoms. The van der Waals surface area contributed by atoms with Gasteiger partial charge in [0.1, 0.15) is 11.8 Å². The second-order valence-electron chi connectivity index (χ2n) is 7.42. The van der Waals surface area contributed by atoms with Gasteiger partial charge >= 0.3 is 6.03 Å². The smallest absolute Gasteiger partial charge is 0.335 e. The topological polar surface area (TPSA) is 141 Å². The Hall–Kier alpha value is -5.06. The van der Waals surface area contributed by atoms with Crippen molar-refractivity contribution in [2.45, 2.75) is 6.92 Å². The number of barbiturate groups is 1. The summed E-state index contributed by atoms with van der Waals surface area (Å²) < 4.78 is 11.0. The first kappa shape index (κ1) is 23.1. The summed E-state index contributed by atoms with van der Waals surface area (Å²) in [6, 6.07) is 13.1. The molecule has 0 spiro atoms. The number of carbonyl (C=O) groups is 3. The van der Waals surface area contributed by atoms with Crippen molar-refractivity contribution in [3.8, 4) is 17.4 Å². The molecule has 4 amide bonds. The Bertz CT molecular complexity index is 1370. The van der Waals surface area contributed by atoms with Gasteiger partial charge in [0, 0.05) is 12.1 Å². The summed E-state index contributed by atoms with van der Waals surface area (Å²) in [7, 11) is 1.40. The standard InChI is InChI=1S/C24H18N4O7/c1-14-3-6-16(7-4-14)27-23(30)18(22(29)26-24(27)31)11-15-5-9-19(20(12-15)34-2)35-21-10-8-17(13-25-21)28(32)33/h3-13H,1-2H3,(H,26,29,31)/b18-11+. The normalized spacial score (nSPS) is 14.6. The van der Waals surface area contributed by atoms with Crippen molar-refractivity contribution in [1.82, 2.24) is 10.3 Å². The number of rotatable bonds is 6. The molecule has 3 aromatic rings. The number of imide groups is 2. The predicted octanol–water partition coefficient (Wildman–Crippen LogP) is 3.77. The summed E-state index contributed by atoms with van der Waals surface area (Å²) in [6.45, 7) is 1.87. The van der Waals surface area contributed by atoms with Crippen LogP contribution in [0.15, 0.2) is 66.4 Å². The van der Waals surface area contributed by atoms with E-state index < -0.39 is 22.8 Å². The number of pyridine rings is 1. The van der Waals surface area contributed by atoms with Crippen LogP contribution in [0.3, 0.4) is 0 Å². The first-order chi connectivity index (χ1) is 16.8. The molecule has 1 aromatic heterocycles. The van der Waals surface area contributed by atoms with Gasteiger partial charge in [0.05, 0.1) is 17.7 Å². The van der Waals surface area contributed by atoms with Crippen LogP contribution in [0.4, 0.5) is 16.2 Å². The minimum atomic E-state index is -0.835. The molecule has 1 aliphatic heterocycles. The Labute approximate surface area is 198 Å². The van der Waals surface area contributed by atoms with Crippen LogP contribution in [0.1, 0.15) is 11.1 Å². The van der Waals surface area contributed by atoms with Crippen LogP contribution in [-0.4, -0.2) is 34.9 Å². The van der Waals surface area contributed by atoms with Crippen LogP contribution in [0.5, 0.6) is 17.4 Å². The molecule has 0 unspecified atom stereocenters. The van der Waals surface area contributed by atoms with E-state index in [-0.39, 0.29) is 28.6 Å². The predicted molar refractivity (Wildman–Crippen MR) is 124 cm³/mol. The monoisotopic (exact) mass is 474 g/mol. The van der Waals surface area contributed by atoms with Gasteiger partial charge in [0.25, 0.3) is 17.5 Å². The molecule has 2 heterocycles.